The number of alkyl halides is 3. The smallest absolute Gasteiger partial charge is 0.376 e. The fraction of sp³-hybridized carbons (Fsp3) is 0.273. The zero-order valence-electron chi connectivity index (χ0n) is 9.75. The molecule has 1 aromatic rings. The summed E-state index contributed by atoms with van der Waals surface area (Å²) in [6.45, 7) is -1.72. The van der Waals surface area contributed by atoms with E-state index in [0.717, 1.165) is 0 Å². The summed E-state index contributed by atoms with van der Waals surface area (Å²) in [5, 5.41) is 4.30. The summed E-state index contributed by atoms with van der Waals surface area (Å²) in [5.41, 5.74) is 5.72. The number of nitrogens with two attached hydrogens (primary N) is 1. The summed E-state index contributed by atoms with van der Waals surface area (Å²) in [4.78, 5) is 22.0. The molecule has 0 radical (unpaired) electrons. The van der Waals surface area contributed by atoms with Crippen LogP contribution in [-0.2, 0) is 4.79 Å². The Morgan fingerprint density at radius 2 is 1.95 bits per heavy atom. The van der Waals surface area contributed by atoms with Crippen molar-refractivity contribution in [2.75, 3.05) is 18.4 Å². The van der Waals surface area contributed by atoms with E-state index >= 15 is 0 Å². The van der Waals surface area contributed by atoms with E-state index in [4.69, 9.17) is 5.73 Å². The number of rotatable bonds is 5. The molecule has 4 N–H and O–H groups in total. The van der Waals surface area contributed by atoms with Crippen molar-refractivity contribution in [2.45, 2.75) is 6.18 Å². The number of amides is 2. The third-order valence-electron chi connectivity index (χ3n) is 2.09. The van der Waals surface area contributed by atoms with Crippen LogP contribution in [0, 0.1) is 0 Å². The summed E-state index contributed by atoms with van der Waals surface area (Å²) in [5.74, 6) is -1.44. The molecule has 0 aliphatic carbocycles. The molecule has 104 valence electrons. The van der Waals surface area contributed by atoms with Crippen molar-refractivity contribution in [2.24, 2.45) is 5.73 Å². The van der Waals surface area contributed by atoms with Crippen LogP contribution in [0.2, 0.25) is 0 Å². The Balaban J connectivity index is 2.46. The highest BCUT2D eigenvalue weighted by molar-refractivity contribution is 5.93. The van der Waals surface area contributed by atoms with Gasteiger partial charge in [-0.2, -0.15) is 13.2 Å². The second-order valence-electron chi connectivity index (χ2n) is 3.69. The van der Waals surface area contributed by atoms with Crippen molar-refractivity contribution in [1.82, 2.24) is 5.32 Å². The Kier molecular flexibility index (Phi) is 4.74. The number of hydrogen-bond acceptors (Lipinski definition) is 3. The van der Waals surface area contributed by atoms with Gasteiger partial charge in [-0.25, -0.2) is 0 Å². The lowest BCUT2D eigenvalue weighted by Gasteiger charge is -2.10. The number of halogens is 3. The van der Waals surface area contributed by atoms with Crippen LogP contribution < -0.4 is 16.4 Å². The van der Waals surface area contributed by atoms with E-state index in [9.17, 15) is 22.8 Å². The van der Waals surface area contributed by atoms with Gasteiger partial charge in [0.25, 0.3) is 0 Å². The van der Waals surface area contributed by atoms with E-state index in [1.807, 2.05) is 0 Å². The van der Waals surface area contributed by atoms with Crippen molar-refractivity contribution >= 4 is 17.5 Å². The maximum absolute atomic E-state index is 11.8. The first kappa shape index (κ1) is 14.8. The van der Waals surface area contributed by atoms with Gasteiger partial charge in [-0.1, -0.05) is 6.07 Å². The molecule has 0 saturated heterocycles. The zero-order chi connectivity index (χ0) is 14.5. The highest BCUT2D eigenvalue weighted by Crippen LogP contribution is 2.12. The molecular weight excluding hydrogens is 263 g/mol. The van der Waals surface area contributed by atoms with Crippen molar-refractivity contribution < 1.29 is 22.8 Å². The molecule has 5 nitrogen and oxygen atoms in total. The Morgan fingerprint density at radius 1 is 1.26 bits per heavy atom. The summed E-state index contributed by atoms with van der Waals surface area (Å²) >= 11 is 0. The predicted octanol–water partition coefficient (Wildman–Crippen LogP) is 0.876. The first-order valence-electron chi connectivity index (χ1n) is 5.25. The van der Waals surface area contributed by atoms with Gasteiger partial charge in [0.1, 0.15) is 6.54 Å². The van der Waals surface area contributed by atoms with Gasteiger partial charge in [-0.15, -0.1) is 0 Å². The van der Waals surface area contributed by atoms with E-state index in [2.05, 4.69) is 5.32 Å². The first-order valence-corrected chi connectivity index (χ1v) is 5.25. The Bertz CT molecular complexity index is 474. The van der Waals surface area contributed by atoms with Crippen LogP contribution in [0.4, 0.5) is 18.9 Å². The van der Waals surface area contributed by atoms with Crippen LogP contribution in [-0.4, -0.2) is 31.1 Å². The minimum atomic E-state index is -4.44. The molecule has 0 aliphatic heterocycles. The molecule has 0 spiro atoms. The second-order valence-corrected chi connectivity index (χ2v) is 3.69. The molecule has 1 aromatic carbocycles. The average Bonchev–Trinajstić information content (AvgIpc) is 2.33. The summed E-state index contributed by atoms with van der Waals surface area (Å²) in [6.07, 6.45) is -4.44. The molecule has 0 bridgehead atoms. The summed E-state index contributed by atoms with van der Waals surface area (Å²) in [7, 11) is 0. The Labute approximate surface area is 107 Å². The minimum Gasteiger partial charge on any atom is -0.376 e. The topological polar surface area (TPSA) is 84.2 Å². The largest absolute Gasteiger partial charge is 0.405 e. The third kappa shape index (κ3) is 5.75. The summed E-state index contributed by atoms with van der Waals surface area (Å²) < 4.78 is 35.5. The molecule has 0 aliphatic rings. The monoisotopic (exact) mass is 275 g/mol. The van der Waals surface area contributed by atoms with Crippen LogP contribution in [0.15, 0.2) is 24.3 Å². The van der Waals surface area contributed by atoms with Gasteiger partial charge >= 0.3 is 6.18 Å². The SMILES string of the molecule is NC(=O)c1cccc(NCC(=O)NCC(F)(F)F)c1. The minimum absolute atomic E-state index is 0.237. The number of nitrogens with one attached hydrogen (secondary N) is 2. The quantitative estimate of drug-likeness (QED) is 0.745. The highest BCUT2D eigenvalue weighted by Gasteiger charge is 2.27. The molecule has 0 heterocycles. The standard InChI is InChI=1S/C11H12F3N3O2/c12-11(13,14)6-17-9(18)5-16-8-3-1-2-7(4-8)10(15)19/h1-4,16H,5-6H2,(H2,15,19)(H,17,18). The molecule has 0 atom stereocenters. The maximum Gasteiger partial charge on any atom is 0.405 e. The van der Waals surface area contributed by atoms with E-state index in [1.54, 1.807) is 11.4 Å². The van der Waals surface area contributed by atoms with Gasteiger partial charge in [-0.05, 0) is 18.2 Å². The fourth-order valence-electron chi connectivity index (χ4n) is 1.23. The average molecular weight is 275 g/mol. The van der Waals surface area contributed by atoms with Gasteiger partial charge in [0.05, 0.1) is 6.54 Å². The van der Waals surface area contributed by atoms with Crippen LogP contribution in [0.1, 0.15) is 10.4 Å². The lowest BCUT2D eigenvalue weighted by molar-refractivity contribution is -0.137. The highest BCUT2D eigenvalue weighted by atomic mass is 19.4. The lowest BCUT2D eigenvalue weighted by Crippen LogP contribution is -2.37. The first-order chi connectivity index (χ1) is 8.78. The van der Waals surface area contributed by atoms with Crippen molar-refractivity contribution in [3.63, 3.8) is 0 Å². The van der Waals surface area contributed by atoms with Gasteiger partial charge in [0, 0.05) is 11.3 Å². The van der Waals surface area contributed by atoms with E-state index in [-0.39, 0.29) is 12.1 Å². The van der Waals surface area contributed by atoms with Gasteiger partial charge in [-0.3, -0.25) is 9.59 Å². The van der Waals surface area contributed by atoms with Crippen molar-refractivity contribution in [3.05, 3.63) is 29.8 Å². The molecule has 0 fully saturated rings. The molecular formula is C11H12F3N3O2. The maximum atomic E-state index is 11.8. The van der Waals surface area contributed by atoms with Crippen molar-refractivity contribution in [1.29, 1.82) is 0 Å². The molecule has 8 heteroatoms. The molecule has 19 heavy (non-hydrogen) atoms. The van der Waals surface area contributed by atoms with E-state index in [0.29, 0.717) is 5.69 Å². The molecule has 0 unspecified atom stereocenters. The van der Waals surface area contributed by atoms with Gasteiger partial charge in [0.2, 0.25) is 11.8 Å². The molecule has 2 amide bonds. The van der Waals surface area contributed by atoms with Crippen LogP contribution in [0.3, 0.4) is 0 Å². The number of anilines is 1. The number of carbonyl (C=O) groups excluding carboxylic acids is 2. The van der Waals surface area contributed by atoms with E-state index < -0.39 is 24.5 Å². The molecule has 0 aromatic heterocycles. The second kappa shape index (κ2) is 6.07. The Hall–Kier alpha value is -2.25. The number of hydrogen-bond donors (Lipinski definition) is 3. The zero-order valence-corrected chi connectivity index (χ0v) is 9.75. The van der Waals surface area contributed by atoms with Crippen LogP contribution >= 0.6 is 0 Å². The van der Waals surface area contributed by atoms with E-state index in [1.165, 1.54) is 18.2 Å². The predicted molar refractivity (Wildman–Crippen MR) is 62.5 cm³/mol. The molecule has 0 saturated carbocycles. The number of primary amides is 1. The summed E-state index contributed by atoms with van der Waals surface area (Å²) in [6, 6.07) is 5.98. The van der Waals surface area contributed by atoms with Crippen LogP contribution in [0.25, 0.3) is 0 Å². The Morgan fingerprint density at radius 3 is 2.53 bits per heavy atom. The normalized spacial score (nSPS) is 10.9. The van der Waals surface area contributed by atoms with Gasteiger partial charge < -0.3 is 16.4 Å². The number of benzene rings is 1. The van der Waals surface area contributed by atoms with Crippen LogP contribution in [0.5, 0.6) is 0 Å². The van der Waals surface area contributed by atoms with Crippen molar-refractivity contribution in [3.8, 4) is 0 Å². The lowest BCUT2D eigenvalue weighted by atomic mass is 10.2. The third-order valence-corrected chi connectivity index (χ3v) is 2.09. The molecule has 1 rings (SSSR count). The fourth-order valence-corrected chi connectivity index (χ4v) is 1.23. The number of carbonyl (C=O) groups is 2. The van der Waals surface area contributed by atoms with Gasteiger partial charge in [0.15, 0.2) is 0 Å².